The summed E-state index contributed by atoms with van der Waals surface area (Å²) in [7, 11) is 0. The van der Waals surface area contributed by atoms with E-state index in [2.05, 4.69) is 10.3 Å². The number of nitrogens with one attached hydrogen (secondary N) is 1. The van der Waals surface area contributed by atoms with Gasteiger partial charge >= 0.3 is 11.9 Å². The lowest BCUT2D eigenvalue weighted by Gasteiger charge is -2.14. The molecule has 1 amide bonds. The van der Waals surface area contributed by atoms with Crippen LogP contribution in [-0.4, -0.2) is 22.8 Å². The molecule has 3 rings (SSSR count). The number of carbonyl (C=O) groups excluding carboxylic acids is 3. The van der Waals surface area contributed by atoms with Crippen molar-refractivity contribution in [1.82, 2.24) is 4.98 Å². The van der Waals surface area contributed by atoms with Gasteiger partial charge in [0, 0.05) is 25.4 Å². The number of amides is 1. The fourth-order valence-corrected chi connectivity index (χ4v) is 2.60. The van der Waals surface area contributed by atoms with E-state index in [0.29, 0.717) is 11.2 Å². The highest BCUT2D eigenvalue weighted by molar-refractivity contribution is 6.11. The summed E-state index contributed by atoms with van der Waals surface area (Å²) in [5.74, 6) is -1.81. The second-order valence-electron chi connectivity index (χ2n) is 5.65. The number of benzene rings is 2. The van der Waals surface area contributed by atoms with Gasteiger partial charge in [-0.25, -0.2) is 0 Å². The second kappa shape index (κ2) is 7.65. The van der Waals surface area contributed by atoms with Crippen molar-refractivity contribution in [1.29, 1.82) is 0 Å². The van der Waals surface area contributed by atoms with Gasteiger partial charge in [0.15, 0.2) is 0 Å². The van der Waals surface area contributed by atoms with Gasteiger partial charge < -0.3 is 14.8 Å². The maximum Gasteiger partial charge on any atom is 0.308 e. The molecule has 0 radical (unpaired) electrons. The minimum atomic E-state index is -0.601. The molecule has 0 saturated heterocycles. The van der Waals surface area contributed by atoms with Crippen LogP contribution in [0.3, 0.4) is 0 Å². The third kappa shape index (κ3) is 4.09. The quantitative estimate of drug-likeness (QED) is 0.564. The number of nitrogens with zero attached hydrogens (tertiary/aromatic N) is 1. The first-order chi connectivity index (χ1) is 13.0. The van der Waals surface area contributed by atoms with E-state index >= 15 is 0 Å². The minimum absolute atomic E-state index is 0.00746. The number of para-hydroxylation sites is 1. The van der Waals surface area contributed by atoms with Gasteiger partial charge in [-0.2, -0.15) is 0 Å². The molecule has 27 heavy (non-hydrogen) atoms. The minimum Gasteiger partial charge on any atom is -0.426 e. The smallest absolute Gasteiger partial charge is 0.308 e. The van der Waals surface area contributed by atoms with E-state index in [-0.39, 0.29) is 17.1 Å². The molecular formula is C20H16N2O5. The summed E-state index contributed by atoms with van der Waals surface area (Å²) < 4.78 is 10.2. The van der Waals surface area contributed by atoms with Gasteiger partial charge in [0.1, 0.15) is 17.1 Å². The SMILES string of the molecule is CC(=O)Oc1cccc(OC(C)=O)c1C(=O)Nc1cccc2cccnc12. The molecule has 0 bridgehead atoms. The highest BCUT2D eigenvalue weighted by atomic mass is 16.5. The van der Waals surface area contributed by atoms with Crippen molar-refractivity contribution in [3.05, 3.63) is 60.3 Å². The predicted molar refractivity (Wildman–Crippen MR) is 98.8 cm³/mol. The summed E-state index contributed by atoms with van der Waals surface area (Å²) in [4.78, 5) is 40.0. The van der Waals surface area contributed by atoms with E-state index in [4.69, 9.17) is 9.47 Å². The number of pyridine rings is 1. The molecule has 3 aromatic rings. The number of anilines is 1. The maximum absolute atomic E-state index is 12.9. The monoisotopic (exact) mass is 364 g/mol. The molecule has 0 spiro atoms. The summed E-state index contributed by atoms with van der Waals surface area (Å²) in [5.41, 5.74) is 1.02. The normalized spacial score (nSPS) is 10.3. The fraction of sp³-hybridized carbons (Fsp3) is 0.100. The Morgan fingerprint density at radius 1 is 0.852 bits per heavy atom. The van der Waals surface area contributed by atoms with Crippen LogP contribution < -0.4 is 14.8 Å². The number of carbonyl (C=O) groups is 3. The first-order valence-electron chi connectivity index (χ1n) is 8.10. The number of hydrogen-bond donors (Lipinski definition) is 1. The Labute approximate surface area is 154 Å². The highest BCUT2D eigenvalue weighted by Crippen LogP contribution is 2.31. The van der Waals surface area contributed by atoms with Crippen molar-refractivity contribution in [2.24, 2.45) is 0 Å². The molecule has 7 heteroatoms. The molecule has 0 atom stereocenters. The standard InChI is InChI=1S/C20H16N2O5/c1-12(23)26-16-9-4-10-17(27-13(2)24)18(16)20(25)22-15-8-3-6-14-7-5-11-21-19(14)15/h3-11H,1-2H3,(H,22,25). The van der Waals surface area contributed by atoms with E-state index in [1.165, 1.54) is 32.0 Å². The maximum atomic E-state index is 12.9. The lowest BCUT2D eigenvalue weighted by molar-refractivity contribution is -0.132. The summed E-state index contributed by atoms with van der Waals surface area (Å²) in [6.07, 6.45) is 1.62. The van der Waals surface area contributed by atoms with Crippen LogP contribution in [0, 0.1) is 0 Å². The number of ether oxygens (including phenoxy) is 2. The van der Waals surface area contributed by atoms with E-state index in [1.54, 1.807) is 24.4 Å². The lowest BCUT2D eigenvalue weighted by atomic mass is 10.1. The first-order valence-corrected chi connectivity index (χ1v) is 8.10. The van der Waals surface area contributed by atoms with Crippen molar-refractivity contribution in [3.63, 3.8) is 0 Å². The summed E-state index contributed by atoms with van der Waals surface area (Å²) in [5, 5.41) is 3.60. The van der Waals surface area contributed by atoms with E-state index in [0.717, 1.165) is 5.39 Å². The molecule has 1 heterocycles. The average molecular weight is 364 g/mol. The van der Waals surface area contributed by atoms with Gasteiger partial charge in [-0.05, 0) is 24.3 Å². The van der Waals surface area contributed by atoms with Gasteiger partial charge in [-0.15, -0.1) is 0 Å². The number of fused-ring (bicyclic) bond motifs is 1. The molecule has 0 unspecified atom stereocenters. The fourth-order valence-electron chi connectivity index (χ4n) is 2.60. The number of aromatic nitrogens is 1. The number of rotatable bonds is 4. The van der Waals surface area contributed by atoms with Crippen molar-refractivity contribution >= 4 is 34.4 Å². The zero-order valence-electron chi connectivity index (χ0n) is 14.7. The van der Waals surface area contributed by atoms with Crippen LogP contribution in [0.1, 0.15) is 24.2 Å². The molecule has 0 aliphatic rings. The van der Waals surface area contributed by atoms with Crippen molar-refractivity contribution in [3.8, 4) is 11.5 Å². The molecule has 2 aromatic carbocycles. The Hall–Kier alpha value is -3.74. The van der Waals surface area contributed by atoms with Gasteiger partial charge in [0.25, 0.3) is 5.91 Å². The van der Waals surface area contributed by atoms with Crippen LogP contribution in [0.15, 0.2) is 54.7 Å². The Morgan fingerprint density at radius 2 is 1.44 bits per heavy atom. The number of esters is 2. The molecule has 7 nitrogen and oxygen atoms in total. The summed E-state index contributed by atoms with van der Waals surface area (Å²) in [6.45, 7) is 2.43. The van der Waals surface area contributed by atoms with Crippen LogP contribution in [0.4, 0.5) is 5.69 Å². The van der Waals surface area contributed by atoms with Gasteiger partial charge in [0.05, 0.1) is 11.2 Å². The van der Waals surface area contributed by atoms with E-state index < -0.39 is 17.8 Å². The topological polar surface area (TPSA) is 94.6 Å². The molecular weight excluding hydrogens is 348 g/mol. The molecule has 0 saturated carbocycles. The molecule has 0 aliphatic heterocycles. The summed E-state index contributed by atoms with van der Waals surface area (Å²) >= 11 is 0. The van der Waals surface area contributed by atoms with Crippen LogP contribution in [0.2, 0.25) is 0 Å². The number of hydrogen-bond acceptors (Lipinski definition) is 6. The van der Waals surface area contributed by atoms with Gasteiger partial charge in [-0.3, -0.25) is 19.4 Å². The molecule has 0 aliphatic carbocycles. The molecule has 0 fully saturated rings. The summed E-state index contributed by atoms with van der Waals surface area (Å²) in [6, 6.07) is 13.4. The van der Waals surface area contributed by atoms with Gasteiger partial charge in [0.2, 0.25) is 0 Å². The van der Waals surface area contributed by atoms with Crippen molar-refractivity contribution in [2.75, 3.05) is 5.32 Å². The molecule has 1 aromatic heterocycles. The molecule has 1 N–H and O–H groups in total. The zero-order valence-corrected chi connectivity index (χ0v) is 14.7. The Kier molecular flexibility index (Phi) is 5.12. The third-order valence-electron chi connectivity index (χ3n) is 3.60. The van der Waals surface area contributed by atoms with Crippen LogP contribution in [0.25, 0.3) is 10.9 Å². The van der Waals surface area contributed by atoms with Crippen molar-refractivity contribution < 1.29 is 23.9 Å². The predicted octanol–water partition coefficient (Wildman–Crippen LogP) is 3.34. The van der Waals surface area contributed by atoms with Crippen LogP contribution >= 0.6 is 0 Å². The Morgan fingerprint density at radius 3 is 2.07 bits per heavy atom. The van der Waals surface area contributed by atoms with Crippen LogP contribution in [-0.2, 0) is 9.59 Å². The highest BCUT2D eigenvalue weighted by Gasteiger charge is 2.22. The average Bonchev–Trinajstić information content (AvgIpc) is 2.61. The zero-order chi connectivity index (χ0) is 19.4. The van der Waals surface area contributed by atoms with Gasteiger partial charge in [-0.1, -0.05) is 24.3 Å². The van der Waals surface area contributed by atoms with E-state index in [1.807, 2.05) is 12.1 Å². The Bertz CT molecular complexity index is 1010. The third-order valence-corrected chi connectivity index (χ3v) is 3.60. The van der Waals surface area contributed by atoms with Crippen molar-refractivity contribution in [2.45, 2.75) is 13.8 Å². The first kappa shape index (κ1) is 18.1. The molecule has 136 valence electrons. The van der Waals surface area contributed by atoms with Crippen LogP contribution in [0.5, 0.6) is 11.5 Å². The lowest BCUT2D eigenvalue weighted by Crippen LogP contribution is -2.17. The second-order valence-corrected chi connectivity index (χ2v) is 5.65. The van der Waals surface area contributed by atoms with E-state index in [9.17, 15) is 14.4 Å². The Balaban J connectivity index is 2.04. The largest absolute Gasteiger partial charge is 0.426 e.